The lowest BCUT2D eigenvalue weighted by molar-refractivity contribution is 0.359. The van der Waals surface area contributed by atoms with E-state index in [4.69, 9.17) is 9.47 Å². The smallest absolute Gasteiger partial charge is 0.170 e. The van der Waals surface area contributed by atoms with Crippen LogP contribution in [0.3, 0.4) is 0 Å². The molecule has 21 heavy (non-hydrogen) atoms. The van der Waals surface area contributed by atoms with Gasteiger partial charge in [-0.1, -0.05) is 72.2 Å². The van der Waals surface area contributed by atoms with E-state index >= 15 is 0 Å². The van der Waals surface area contributed by atoms with Gasteiger partial charge in [-0.3, -0.25) is 0 Å². The van der Waals surface area contributed by atoms with Crippen LogP contribution in [0.4, 0.5) is 0 Å². The number of benzene rings is 2. The van der Waals surface area contributed by atoms with Gasteiger partial charge in [0.15, 0.2) is 23.0 Å². The van der Waals surface area contributed by atoms with Gasteiger partial charge in [-0.15, -0.1) is 0 Å². The van der Waals surface area contributed by atoms with Crippen LogP contribution >= 0.6 is 0 Å². The number of hydrogen-bond acceptors (Lipinski definition) is 2. The van der Waals surface area contributed by atoms with Gasteiger partial charge in [0, 0.05) is 0 Å². The maximum Gasteiger partial charge on any atom is 0.170 e. The Bertz CT molecular complexity index is 405. The molecule has 0 N–H and O–H groups in total. The summed E-state index contributed by atoms with van der Waals surface area (Å²) in [5.74, 6) is 3.08. The van der Waals surface area contributed by atoms with Crippen molar-refractivity contribution in [1.82, 2.24) is 0 Å². The Kier molecular flexibility index (Phi) is 10.7. The van der Waals surface area contributed by atoms with E-state index in [9.17, 15) is 0 Å². The molecule has 0 unspecified atom stereocenters. The zero-order valence-electron chi connectivity index (χ0n) is 14.1. The topological polar surface area (TPSA) is 18.5 Å². The number of fused-ring (bicyclic) bond motifs is 2. The molecule has 0 radical (unpaired) electrons. The van der Waals surface area contributed by atoms with Crippen molar-refractivity contribution < 1.29 is 9.47 Å². The highest BCUT2D eigenvalue weighted by molar-refractivity contribution is 5.53. The summed E-state index contributed by atoms with van der Waals surface area (Å²) in [6.45, 7) is 12.2. The van der Waals surface area contributed by atoms with Gasteiger partial charge < -0.3 is 9.47 Å². The van der Waals surface area contributed by atoms with Crippen molar-refractivity contribution in [2.24, 2.45) is 0 Å². The molecular weight excluding hydrogens is 260 g/mol. The number of hydrogen-bond donors (Lipinski definition) is 0. The first kappa shape index (κ1) is 19.0. The van der Waals surface area contributed by atoms with Crippen molar-refractivity contribution in [3.63, 3.8) is 0 Å². The molecule has 0 saturated carbocycles. The third-order valence-corrected chi connectivity index (χ3v) is 2.14. The van der Waals surface area contributed by atoms with Gasteiger partial charge in [0.25, 0.3) is 0 Å². The van der Waals surface area contributed by atoms with Gasteiger partial charge in [-0.25, -0.2) is 0 Å². The van der Waals surface area contributed by atoms with Crippen molar-refractivity contribution in [1.29, 1.82) is 0 Å². The zero-order chi connectivity index (χ0) is 16.1. The molecule has 0 atom stereocenters. The Hall–Kier alpha value is -1.96. The van der Waals surface area contributed by atoms with Crippen LogP contribution in [0.5, 0.6) is 23.0 Å². The average molecular weight is 288 g/mol. The quantitative estimate of drug-likeness (QED) is 0.441. The standard InChI is InChI=1S/C12H8O2.C3H8.2C2H6/c1-2-6-10-9(5-1)13-11-7-3-4-8-12(11)14-10;1-3-2;2*1-2/h1-8H;3H2,1-2H3;2*1-2H3. The van der Waals surface area contributed by atoms with Gasteiger partial charge in [0.2, 0.25) is 0 Å². The summed E-state index contributed by atoms with van der Waals surface area (Å²) in [7, 11) is 0. The Morgan fingerprint density at radius 1 is 0.571 bits per heavy atom. The van der Waals surface area contributed by atoms with Crippen LogP contribution < -0.4 is 9.47 Å². The predicted molar refractivity (Wildman–Crippen MR) is 91.7 cm³/mol. The second-order valence-corrected chi connectivity index (χ2v) is 3.80. The maximum absolute atomic E-state index is 5.65. The van der Waals surface area contributed by atoms with E-state index in [1.807, 2.05) is 76.2 Å². The summed E-state index contributed by atoms with van der Waals surface area (Å²) in [6.07, 6.45) is 1.25. The molecule has 2 aromatic carbocycles. The fourth-order valence-corrected chi connectivity index (χ4v) is 1.47. The van der Waals surface area contributed by atoms with E-state index in [1.54, 1.807) is 0 Å². The number of rotatable bonds is 0. The van der Waals surface area contributed by atoms with Gasteiger partial charge in [-0.05, 0) is 24.3 Å². The molecule has 2 heteroatoms. The summed E-state index contributed by atoms with van der Waals surface area (Å²) < 4.78 is 11.3. The minimum atomic E-state index is 0.770. The first-order chi connectivity index (χ1) is 10.3. The zero-order valence-corrected chi connectivity index (χ0v) is 14.1. The van der Waals surface area contributed by atoms with Crippen LogP contribution in [0.25, 0.3) is 0 Å². The van der Waals surface area contributed by atoms with Crippen LogP contribution in [0, 0.1) is 0 Å². The second-order valence-electron chi connectivity index (χ2n) is 3.80. The van der Waals surface area contributed by atoms with Crippen LogP contribution in [-0.2, 0) is 0 Å². The van der Waals surface area contributed by atoms with E-state index in [1.165, 1.54) is 6.42 Å². The highest BCUT2D eigenvalue weighted by Gasteiger charge is 2.16. The Morgan fingerprint density at radius 2 is 0.762 bits per heavy atom. The fourth-order valence-electron chi connectivity index (χ4n) is 1.47. The minimum Gasteiger partial charge on any atom is -0.450 e. The Labute approximate surface area is 129 Å². The summed E-state index contributed by atoms with van der Waals surface area (Å²) in [5, 5.41) is 0. The molecule has 0 spiro atoms. The minimum absolute atomic E-state index is 0.770. The van der Waals surface area contributed by atoms with Gasteiger partial charge in [0.05, 0.1) is 0 Å². The lowest BCUT2D eigenvalue weighted by Gasteiger charge is -2.19. The summed E-state index contributed by atoms with van der Waals surface area (Å²) >= 11 is 0. The van der Waals surface area contributed by atoms with Crippen molar-refractivity contribution in [2.75, 3.05) is 0 Å². The monoisotopic (exact) mass is 288 g/mol. The summed E-state index contributed by atoms with van der Waals surface area (Å²) in [4.78, 5) is 0. The molecule has 0 fully saturated rings. The van der Waals surface area contributed by atoms with Crippen LogP contribution in [0.1, 0.15) is 48.0 Å². The normalized spacial score (nSPS) is 9.43. The van der Waals surface area contributed by atoms with Crippen LogP contribution in [-0.4, -0.2) is 0 Å². The molecule has 2 nitrogen and oxygen atoms in total. The summed E-state index contributed by atoms with van der Waals surface area (Å²) in [5.41, 5.74) is 0. The van der Waals surface area contributed by atoms with Crippen molar-refractivity contribution in [2.45, 2.75) is 48.0 Å². The molecule has 0 aromatic heterocycles. The molecule has 0 saturated heterocycles. The summed E-state index contributed by atoms with van der Waals surface area (Å²) in [6, 6.07) is 15.3. The van der Waals surface area contributed by atoms with Crippen molar-refractivity contribution in [3.8, 4) is 23.0 Å². The molecule has 0 bridgehead atoms. The number of ether oxygens (including phenoxy) is 2. The molecule has 116 valence electrons. The Morgan fingerprint density at radius 3 is 0.952 bits per heavy atom. The van der Waals surface area contributed by atoms with Crippen LogP contribution in [0.2, 0.25) is 0 Å². The molecule has 1 aliphatic heterocycles. The van der Waals surface area contributed by atoms with Crippen LogP contribution in [0.15, 0.2) is 48.5 Å². The second kappa shape index (κ2) is 11.8. The van der Waals surface area contributed by atoms with E-state index in [-0.39, 0.29) is 0 Å². The van der Waals surface area contributed by atoms with E-state index < -0.39 is 0 Å². The maximum atomic E-state index is 5.65. The van der Waals surface area contributed by atoms with Crippen molar-refractivity contribution in [3.05, 3.63) is 48.5 Å². The largest absolute Gasteiger partial charge is 0.450 e. The van der Waals surface area contributed by atoms with E-state index in [2.05, 4.69) is 13.8 Å². The van der Waals surface area contributed by atoms with E-state index in [0.717, 1.165) is 23.0 Å². The molecular formula is C19H28O2. The first-order valence-electron chi connectivity index (χ1n) is 7.89. The molecule has 1 aliphatic rings. The SMILES string of the molecule is CC.CC.CCC.c1ccc2c(c1)Oc1ccccc1O2. The third kappa shape index (κ3) is 5.90. The molecule has 2 aromatic rings. The van der Waals surface area contributed by atoms with Gasteiger partial charge in [0.1, 0.15) is 0 Å². The lowest BCUT2D eigenvalue weighted by atomic mass is 10.2. The molecule has 0 amide bonds. The fraction of sp³-hybridized carbons (Fsp3) is 0.368. The van der Waals surface area contributed by atoms with Crippen molar-refractivity contribution >= 4 is 0 Å². The average Bonchev–Trinajstić information content (AvgIpc) is 2.57. The molecule has 3 rings (SSSR count). The predicted octanol–water partition coefficient (Wildman–Crippen LogP) is 7.05. The highest BCUT2D eigenvalue weighted by atomic mass is 16.6. The van der Waals surface area contributed by atoms with E-state index in [0.29, 0.717) is 0 Å². The molecule has 0 aliphatic carbocycles. The lowest BCUT2D eigenvalue weighted by Crippen LogP contribution is -1.97. The highest BCUT2D eigenvalue weighted by Crippen LogP contribution is 2.44. The van der Waals surface area contributed by atoms with Gasteiger partial charge >= 0.3 is 0 Å². The first-order valence-corrected chi connectivity index (χ1v) is 7.89. The third-order valence-electron chi connectivity index (χ3n) is 2.14. The number of para-hydroxylation sites is 4. The molecule has 1 heterocycles. The van der Waals surface area contributed by atoms with Gasteiger partial charge in [-0.2, -0.15) is 0 Å². The Balaban J connectivity index is 0.000000500.